The van der Waals surface area contributed by atoms with E-state index in [1.807, 2.05) is 11.3 Å². The van der Waals surface area contributed by atoms with Gasteiger partial charge in [-0.1, -0.05) is 188 Å². The molecule has 0 fully saturated rings. The standard InChI is InChI=1S/C60H40N2S/c1-4-17-41(18-5-1)42-31-33-45(34-32-42)61(46-35-37-48(43-19-6-2-7-20-43)55(39-46)44-21-8-3-9-22-44)47-36-38-51-49-23-10-13-28-56(49)62(58(51)40-47)57-29-14-11-24-50(57)53-26-16-27-54-52-25-12-15-30-59(52)63-60(53)54/h1-40H. The first kappa shape index (κ1) is 36.8. The number of aromatic nitrogens is 1. The topological polar surface area (TPSA) is 8.17 Å². The fourth-order valence-electron chi connectivity index (χ4n) is 9.49. The molecule has 0 saturated heterocycles. The van der Waals surface area contributed by atoms with Gasteiger partial charge in [-0.15, -0.1) is 11.3 Å². The van der Waals surface area contributed by atoms with E-state index in [2.05, 4.69) is 252 Å². The lowest BCUT2D eigenvalue weighted by Gasteiger charge is -2.27. The Labute approximate surface area is 370 Å². The lowest BCUT2D eigenvalue weighted by atomic mass is 9.93. The van der Waals surface area contributed by atoms with E-state index in [1.165, 1.54) is 81.0 Å². The summed E-state index contributed by atoms with van der Waals surface area (Å²) in [5.41, 5.74) is 16.3. The quantitative estimate of drug-likeness (QED) is 0.148. The first-order valence-electron chi connectivity index (χ1n) is 21.5. The number of para-hydroxylation sites is 2. The van der Waals surface area contributed by atoms with Crippen molar-refractivity contribution < 1.29 is 0 Å². The van der Waals surface area contributed by atoms with Crippen LogP contribution >= 0.6 is 11.3 Å². The second kappa shape index (κ2) is 15.5. The molecule has 0 aliphatic heterocycles. The van der Waals surface area contributed by atoms with Crippen LogP contribution in [0.4, 0.5) is 17.1 Å². The Morgan fingerprint density at radius 2 is 0.841 bits per heavy atom. The second-order valence-corrected chi connectivity index (χ2v) is 17.1. The largest absolute Gasteiger partial charge is 0.310 e. The summed E-state index contributed by atoms with van der Waals surface area (Å²) >= 11 is 1.88. The summed E-state index contributed by atoms with van der Waals surface area (Å²) in [6, 6.07) is 88.4. The molecular weight excluding hydrogens is 781 g/mol. The smallest absolute Gasteiger partial charge is 0.0562 e. The van der Waals surface area contributed by atoms with Gasteiger partial charge in [0.2, 0.25) is 0 Å². The lowest BCUT2D eigenvalue weighted by molar-refractivity contribution is 1.18. The zero-order chi connectivity index (χ0) is 41.7. The number of anilines is 3. The highest BCUT2D eigenvalue weighted by molar-refractivity contribution is 7.26. The van der Waals surface area contributed by atoms with Crippen LogP contribution in [0, 0.1) is 0 Å². The predicted octanol–water partition coefficient (Wildman–Crippen LogP) is 17.3. The molecular formula is C60H40N2S. The molecule has 63 heavy (non-hydrogen) atoms. The van der Waals surface area contributed by atoms with Crippen molar-refractivity contribution in [1.82, 2.24) is 4.57 Å². The molecule has 2 aromatic heterocycles. The van der Waals surface area contributed by atoms with Crippen LogP contribution in [0.1, 0.15) is 0 Å². The highest BCUT2D eigenvalue weighted by atomic mass is 32.1. The molecule has 2 heterocycles. The SMILES string of the molecule is c1ccc(-c2ccc(N(c3ccc(-c4ccccc4)c(-c4ccccc4)c3)c3ccc4c5ccccc5n(-c5ccccc5-c5cccc6c5sc5ccccc56)c4c3)cc2)cc1. The Bertz CT molecular complexity index is 3600. The van der Waals surface area contributed by atoms with E-state index in [9.17, 15) is 0 Å². The fourth-order valence-corrected chi connectivity index (χ4v) is 10.7. The monoisotopic (exact) mass is 820 g/mol. The Morgan fingerprint density at radius 1 is 0.302 bits per heavy atom. The molecule has 0 bridgehead atoms. The molecule has 296 valence electrons. The van der Waals surface area contributed by atoms with Crippen LogP contribution in [0.15, 0.2) is 243 Å². The van der Waals surface area contributed by atoms with E-state index >= 15 is 0 Å². The molecule has 12 aromatic rings. The zero-order valence-corrected chi connectivity index (χ0v) is 35.2. The summed E-state index contributed by atoms with van der Waals surface area (Å²) in [5, 5.41) is 5.05. The summed E-state index contributed by atoms with van der Waals surface area (Å²) in [4.78, 5) is 2.42. The van der Waals surface area contributed by atoms with Crippen molar-refractivity contribution >= 4 is 70.4 Å². The van der Waals surface area contributed by atoms with Crippen molar-refractivity contribution in [1.29, 1.82) is 0 Å². The van der Waals surface area contributed by atoms with E-state index in [4.69, 9.17) is 0 Å². The van der Waals surface area contributed by atoms with Gasteiger partial charge in [0, 0.05) is 59.1 Å². The van der Waals surface area contributed by atoms with Crippen molar-refractivity contribution in [3.05, 3.63) is 243 Å². The van der Waals surface area contributed by atoms with Gasteiger partial charge in [-0.05, 0) is 88.0 Å². The molecule has 2 nitrogen and oxygen atoms in total. The molecule has 0 aliphatic rings. The first-order valence-corrected chi connectivity index (χ1v) is 22.3. The number of benzene rings is 10. The average Bonchev–Trinajstić information content (AvgIpc) is 3.91. The minimum atomic E-state index is 1.08. The molecule has 0 spiro atoms. The van der Waals surface area contributed by atoms with Gasteiger partial charge in [-0.2, -0.15) is 0 Å². The number of thiophene rings is 1. The highest BCUT2D eigenvalue weighted by Gasteiger charge is 2.22. The number of rotatable bonds is 8. The summed E-state index contributed by atoms with van der Waals surface area (Å²) < 4.78 is 5.11. The van der Waals surface area contributed by atoms with E-state index in [-0.39, 0.29) is 0 Å². The average molecular weight is 821 g/mol. The minimum Gasteiger partial charge on any atom is -0.310 e. The lowest BCUT2D eigenvalue weighted by Crippen LogP contribution is -2.10. The van der Waals surface area contributed by atoms with Crippen LogP contribution < -0.4 is 4.90 Å². The van der Waals surface area contributed by atoms with Gasteiger partial charge in [0.25, 0.3) is 0 Å². The summed E-state index contributed by atoms with van der Waals surface area (Å²) in [6.07, 6.45) is 0. The maximum Gasteiger partial charge on any atom is 0.0562 e. The molecule has 0 aliphatic carbocycles. The van der Waals surface area contributed by atoms with Gasteiger partial charge < -0.3 is 9.47 Å². The van der Waals surface area contributed by atoms with Crippen LogP contribution in [0.3, 0.4) is 0 Å². The Hall–Kier alpha value is -7.98. The van der Waals surface area contributed by atoms with E-state index in [1.54, 1.807) is 0 Å². The number of fused-ring (bicyclic) bond motifs is 6. The number of hydrogen-bond donors (Lipinski definition) is 0. The third-order valence-corrected chi connectivity index (χ3v) is 13.6. The van der Waals surface area contributed by atoms with E-state index < -0.39 is 0 Å². The molecule has 0 saturated carbocycles. The third-order valence-electron chi connectivity index (χ3n) is 12.4. The molecule has 3 heteroatoms. The van der Waals surface area contributed by atoms with E-state index in [0.717, 1.165) is 28.3 Å². The molecule has 0 radical (unpaired) electrons. The zero-order valence-electron chi connectivity index (χ0n) is 34.4. The van der Waals surface area contributed by atoms with Crippen molar-refractivity contribution in [2.75, 3.05) is 4.90 Å². The van der Waals surface area contributed by atoms with E-state index in [0.29, 0.717) is 0 Å². The summed E-state index contributed by atoms with van der Waals surface area (Å²) in [5.74, 6) is 0. The van der Waals surface area contributed by atoms with Crippen LogP contribution in [-0.4, -0.2) is 4.57 Å². The third kappa shape index (κ3) is 6.41. The molecule has 0 unspecified atom stereocenters. The van der Waals surface area contributed by atoms with Crippen LogP contribution in [0.2, 0.25) is 0 Å². The van der Waals surface area contributed by atoms with Gasteiger partial charge in [-0.3, -0.25) is 0 Å². The Morgan fingerprint density at radius 3 is 1.62 bits per heavy atom. The van der Waals surface area contributed by atoms with Gasteiger partial charge in [0.05, 0.1) is 16.7 Å². The fraction of sp³-hybridized carbons (Fsp3) is 0. The van der Waals surface area contributed by atoms with Gasteiger partial charge in [0.15, 0.2) is 0 Å². The minimum absolute atomic E-state index is 1.08. The summed E-state index contributed by atoms with van der Waals surface area (Å²) in [6.45, 7) is 0. The Balaban J connectivity index is 1.09. The number of nitrogens with zero attached hydrogens (tertiary/aromatic N) is 2. The molecule has 0 amide bonds. The van der Waals surface area contributed by atoms with Gasteiger partial charge in [-0.25, -0.2) is 0 Å². The van der Waals surface area contributed by atoms with Crippen LogP contribution in [-0.2, 0) is 0 Å². The van der Waals surface area contributed by atoms with Crippen molar-refractivity contribution in [3.8, 4) is 50.2 Å². The predicted molar refractivity (Wildman–Crippen MR) is 270 cm³/mol. The maximum atomic E-state index is 2.49. The van der Waals surface area contributed by atoms with Crippen molar-refractivity contribution in [2.45, 2.75) is 0 Å². The first-order chi connectivity index (χ1) is 31.3. The molecule has 12 rings (SSSR count). The second-order valence-electron chi connectivity index (χ2n) is 16.1. The van der Waals surface area contributed by atoms with Gasteiger partial charge >= 0.3 is 0 Å². The molecule has 0 atom stereocenters. The maximum absolute atomic E-state index is 2.49. The van der Waals surface area contributed by atoms with Crippen molar-refractivity contribution in [2.24, 2.45) is 0 Å². The number of hydrogen-bond acceptors (Lipinski definition) is 2. The summed E-state index contributed by atoms with van der Waals surface area (Å²) in [7, 11) is 0. The van der Waals surface area contributed by atoms with Gasteiger partial charge in [0.1, 0.15) is 0 Å². The molecule has 10 aromatic carbocycles. The van der Waals surface area contributed by atoms with Crippen LogP contribution in [0.5, 0.6) is 0 Å². The highest BCUT2D eigenvalue weighted by Crippen LogP contribution is 2.46. The van der Waals surface area contributed by atoms with Crippen molar-refractivity contribution in [3.63, 3.8) is 0 Å². The van der Waals surface area contributed by atoms with Crippen LogP contribution in [0.25, 0.3) is 92.2 Å². The molecule has 0 N–H and O–H groups in total. The Kier molecular flexibility index (Phi) is 9.06. The normalized spacial score (nSPS) is 11.5.